The fourth-order valence-corrected chi connectivity index (χ4v) is 6.28. The lowest BCUT2D eigenvalue weighted by Crippen LogP contribution is -2.46. The van der Waals surface area contributed by atoms with E-state index in [4.69, 9.17) is 25.2 Å². The Morgan fingerprint density at radius 3 is 2.68 bits per heavy atom. The molecule has 0 bridgehead atoms. The molecule has 1 aromatic carbocycles. The first-order valence-corrected chi connectivity index (χ1v) is 14.9. The summed E-state index contributed by atoms with van der Waals surface area (Å²) in [7, 11) is 0. The molecule has 3 N–H and O–H groups in total. The standard InChI is InChI=1S/C32H35F2N7O3/c1-19-13-20(14-27(36)31(19)43-10-2-8-35)24-5-9-37-18-29(24)39-32-38-17-21-3-4-28(40-41(21)32)30-25(33)15-23(16-26(30)34)44-22-6-11-42-12-7-22/h3-5,9,15-20,22,27,31H,2,6-7,10-14,36H2,1H3,(H,38,39). The number of benzene rings is 1. The van der Waals surface area contributed by atoms with Crippen molar-refractivity contribution < 1.29 is 23.0 Å². The third-order valence-corrected chi connectivity index (χ3v) is 8.39. The number of ether oxygens (including phenoxy) is 3. The van der Waals surface area contributed by atoms with Gasteiger partial charge in [-0.15, -0.1) is 0 Å². The molecular formula is C32H35F2N7O3. The van der Waals surface area contributed by atoms with Gasteiger partial charge in [-0.1, -0.05) is 6.92 Å². The maximum atomic E-state index is 15.3. The summed E-state index contributed by atoms with van der Waals surface area (Å²) in [5.41, 5.74) is 8.84. The van der Waals surface area contributed by atoms with Crippen LogP contribution in [0.3, 0.4) is 0 Å². The third kappa shape index (κ3) is 6.36. The van der Waals surface area contributed by atoms with Crippen molar-refractivity contribution >= 4 is 17.2 Å². The Morgan fingerprint density at radius 2 is 1.93 bits per heavy atom. The van der Waals surface area contributed by atoms with Crippen LogP contribution in [0.5, 0.6) is 5.75 Å². The number of anilines is 2. The predicted molar refractivity (Wildman–Crippen MR) is 159 cm³/mol. The average molecular weight is 604 g/mol. The highest BCUT2D eigenvalue weighted by Gasteiger charge is 2.36. The number of pyridine rings is 1. The number of aromatic nitrogens is 4. The van der Waals surface area contributed by atoms with Crippen molar-refractivity contribution in [3.63, 3.8) is 0 Å². The topological polar surface area (TPSA) is 133 Å². The van der Waals surface area contributed by atoms with Crippen LogP contribution in [-0.4, -0.2) is 57.7 Å². The number of hydrogen-bond acceptors (Lipinski definition) is 9. The number of nitriles is 1. The summed E-state index contributed by atoms with van der Waals surface area (Å²) in [6.07, 6.45) is 8.08. The van der Waals surface area contributed by atoms with Crippen LogP contribution in [0, 0.1) is 28.9 Å². The largest absolute Gasteiger partial charge is 0.490 e. The monoisotopic (exact) mass is 603 g/mol. The van der Waals surface area contributed by atoms with Gasteiger partial charge in [0.25, 0.3) is 0 Å². The second-order valence-electron chi connectivity index (χ2n) is 11.5. The van der Waals surface area contributed by atoms with Crippen molar-refractivity contribution in [1.29, 1.82) is 5.26 Å². The predicted octanol–water partition coefficient (Wildman–Crippen LogP) is 5.51. The summed E-state index contributed by atoms with van der Waals surface area (Å²) in [4.78, 5) is 8.81. The Hall–Kier alpha value is -4.18. The maximum absolute atomic E-state index is 15.3. The zero-order valence-electron chi connectivity index (χ0n) is 24.5. The third-order valence-electron chi connectivity index (χ3n) is 8.39. The van der Waals surface area contributed by atoms with Crippen LogP contribution in [0.2, 0.25) is 0 Å². The highest BCUT2D eigenvalue weighted by Crippen LogP contribution is 2.40. The summed E-state index contributed by atoms with van der Waals surface area (Å²) >= 11 is 0. The molecule has 2 aliphatic rings. The SMILES string of the molecule is CC1CC(c2ccncc2Nc2ncc3ccc(-c4c(F)cc(OC5CCOCC5)cc4F)nn23)CC(N)C1OCCC#N. The molecule has 0 amide bonds. The van der Waals surface area contributed by atoms with E-state index in [2.05, 4.69) is 33.4 Å². The van der Waals surface area contributed by atoms with Crippen LogP contribution in [0.15, 0.2) is 48.9 Å². The molecule has 44 heavy (non-hydrogen) atoms. The highest BCUT2D eigenvalue weighted by molar-refractivity contribution is 5.66. The molecule has 230 valence electrons. The zero-order valence-corrected chi connectivity index (χ0v) is 24.5. The van der Waals surface area contributed by atoms with E-state index < -0.39 is 11.6 Å². The van der Waals surface area contributed by atoms with Gasteiger partial charge in [-0.25, -0.2) is 13.8 Å². The molecule has 1 aliphatic heterocycles. The fourth-order valence-electron chi connectivity index (χ4n) is 6.28. The highest BCUT2D eigenvalue weighted by atomic mass is 19.1. The smallest absolute Gasteiger partial charge is 0.229 e. The molecule has 4 heterocycles. The number of fused-ring (bicyclic) bond motifs is 1. The van der Waals surface area contributed by atoms with Crippen molar-refractivity contribution in [2.24, 2.45) is 11.7 Å². The first-order chi connectivity index (χ1) is 21.4. The van der Waals surface area contributed by atoms with Gasteiger partial charge in [0.15, 0.2) is 0 Å². The van der Waals surface area contributed by atoms with Gasteiger partial charge in [-0.05, 0) is 48.4 Å². The number of imidazole rings is 1. The molecule has 1 saturated heterocycles. The molecule has 12 heteroatoms. The molecule has 1 saturated carbocycles. The fraction of sp³-hybridized carbons (Fsp3) is 0.438. The van der Waals surface area contributed by atoms with Crippen molar-refractivity contribution in [2.75, 3.05) is 25.1 Å². The van der Waals surface area contributed by atoms with Crippen molar-refractivity contribution in [1.82, 2.24) is 19.6 Å². The molecule has 4 aromatic rings. The molecule has 4 atom stereocenters. The van der Waals surface area contributed by atoms with E-state index in [0.717, 1.165) is 17.7 Å². The molecule has 10 nitrogen and oxygen atoms in total. The van der Waals surface area contributed by atoms with Crippen LogP contribution in [0.4, 0.5) is 20.4 Å². The van der Waals surface area contributed by atoms with E-state index in [1.54, 1.807) is 30.7 Å². The molecule has 4 unspecified atom stereocenters. The van der Waals surface area contributed by atoms with E-state index >= 15 is 8.78 Å². The number of nitrogens with one attached hydrogen (secondary N) is 1. The number of nitrogens with zero attached hydrogens (tertiary/aromatic N) is 5. The zero-order chi connectivity index (χ0) is 30.6. The van der Waals surface area contributed by atoms with E-state index in [1.807, 2.05) is 6.07 Å². The molecule has 2 fully saturated rings. The summed E-state index contributed by atoms with van der Waals surface area (Å²) in [5, 5.41) is 16.7. The van der Waals surface area contributed by atoms with Crippen LogP contribution in [0.25, 0.3) is 16.8 Å². The lowest BCUT2D eigenvalue weighted by Gasteiger charge is -2.39. The number of nitrogens with two attached hydrogens (primary N) is 1. The van der Waals surface area contributed by atoms with Crippen molar-refractivity contribution in [3.05, 3.63) is 66.1 Å². The quantitative estimate of drug-likeness (QED) is 0.238. The first-order valence-electron chi connectivity index (χ1n) is 14.9. The van der Waals surface area contributed by atoms with Crippen LogP contribution in [0.1, 0.15) is 50.5 Å². The summed E-state index contributed by atoms with van der Waals surface area (Å²) in [6, 6.07) is 9.56. The molecule has 0 radical (unpaired) electrons. The Balaban J connectivity index is 1.23. The molecule has 3 aromatic heterocycles. The maximum Gasteiger partial charge on any atom is 0.229 e. The van der Waals surface area contributed by atoms with Crippen molar-refractivity contribution in [3.8, 4) is 23.1 Å². The van der Waals surface area contributed by atoms with E-state index in [1.165, 1.54) is 16.6 Å². The van der Waals surface area contributed by atoms with Crippen molar-refractivity contribution in [2.45, 2.75) is 63.2 Å². The number of hydrogen-bond donors (Lipinski definition) is 2. The van der Waals surface area contributed by atoms with E-state index in [0.29, 0.717) is 57.0 Å². The Morgan fingerprint density at radius 1 is 1.14 bits per heavy atom. The lowest BCUT2D eigenvalue weighted by molar-refractivity contribution is -0.0198. The van der Waals surface area contributed by atoms with Gasteiger partial charge in [0.05, 0.1) is 73.3 Å². The summed E-state index contributed by atoms with van der Waals surface area (Å²) < 4.78 is 49.2. The molecule has 6 rings (SSSR count). The Labute approximate surface area is 254 Å². The Kier molecular flexibility index (Phi) is 8.97. The van der Waals surface area contributed by atoms with Gasteiger partial charge < -0.3 is 25.3 Å². The van der Waals surface area contributed by atoms with Crippen LogP contribution in [-0.2, 0) is 9.47 Å². The van der Waals surface area contributed by atoms with Gasteiger partial charge in [0, 0.05) is 37.2 Å². The Bertz CT molecular complexity index is 1620. The summed E-state index contributed by atoms with van der Waals surface area (Å²) in [5.74, 6) is -0.675. The first kappa shape index (κ1) is 29.9. The second kappa shape index (κ2) is 13.2. The number of halogens is 2. The second-order valence-corrected chi connectivity index (χ2v) is 11.5. The average Bonchev–Trinajstić information content (AvgIpc) is 3.41. The van der Waals surface area contributed by atoms with Gasteiger partial charge in [0.1, 0.15) is 23.5 Å². The van der Waals surface area contributed by atoms with E-state index in [9.17, 15) is 0 Å². The lowest BCUT2D eigenvalue weighted by atomic mass is 9.74. The molecular weight excluding hydrogens is 568 g/mol. The minimum Gasteiger partial charge on any atom is -0.490 e. The molecule has 1 aliphatic carbocycles. The van der Waals surface area contributed by atoms with Gasteiger partial charge in [-0.3, -0.25) is 4.98 Å². The normalized spacial score (nSPS) is 22.5. The van der Waals surface area contributed by atoms with Crippen LogP contribution >= 0.6 is 0 Å². The summed E-state index contributed by atoms with van der Waals surface area (Å²) in [6.45, 7) is 3.61. The minimum absolute atomic E-state index is 0.111. The van der Waals surface area contributed by atoms with E-state index in [-0.39, 0.29) is 47.1 Å². The van der Waals surface area contributed by atoms with Crippen LogP contribution < -0.4 is 15.8 Å². The van der Waals surface area contributed by atoms with Gasteiger partial charge in [0.2, 0.25) is 5.95 Å². The number of rotatable bonds is 9. The van der Waals surface area contributed by atoms with Gasteiger partial charge >= 0.3 is 0 Å². The van der Waals surface area contributed by atoms with Gasteiger partial charge in [-0.2, -0.15) is 14.9 Å². The molecule has 0 spiro atoms. The minimum atomic E-state index is -0.763.